The molecule has 0 aliphatic rings. The molecule has 0 unspecified atom stereocenters. The molecule has 1 aromatic rings. The maximum atomic E-state index is 11.7. The van der Waals surface area contributed by atoms with E-state index in [-0.39, 0.29) is 11.3 Å². The van der Waals surface area contributed by atoms with E-state index in [9.17, 15) is 13.2 Å². The van der Waals surface area contributed by atoms with Crippen LogP contribution in [-0.2, 0) is 21.9 Å². The largest absolute Gasteiger partial charge is 0.480 e. The van der Waals surface area contributed by atoms with Gasteiger partial charge in [-0.3, -0.25) is 9.48 Å². The van der Waals surface area contributed by atoms with E-state index in [1.54, 1.807) is 14.0 Å². The van der Waals surface area contributed by atoms with Crippen molar-refractivity contribution in [3.63, 3.8) is 0 Å². The molecule has 0 bridgehead atoms. The Morgan fingerprint density at radius 2 is 2.31 bits per heavy atom. The van der Waals surface area contributed by atoms with Gasteiger partial charge in [-0.1, -0.05) is 6.92 Å². The molecule has 90 valence electrons. The number of carbonyl (C=O) groups is 1. The highest BCUT2D eigenvalue weighted by Crippen LogP contribution is 2.07. The predicted octanol–water partition coefficient (Wildman–Crippen LogP) is -0.438. The van der Waals surface area contributed by atoms with Crippen LogP contribution in [0.15, 0.2) is 17.3 Å². The molecule has 1 rings (SSSR count). The van der Waals surface area contributed by atoms with Gasteiger partial charge >= 0.3 is 5.97 Å². The lowest BCUT2D eigenvalue weighted by Crippen LogP contribution is -2.40. The lowest BCUT2D eigenvalue weighted by atomic mass is 10.2. The average Bonchev–Trinajstić information content (AvgIpc) is 2.61. The topological polar surface area (TPSA) is 101 Å². The van der Waals surface area contributed by atoms with Crippen molar-refractivity contribution in [2.45, 2.75) is 24.3 Å². The molecule has 0 fully saturated rings. The molecule has 0 aliphatic carbocycles. The molecule has 0 spiro atoms. The summed E-state index contributed by atoms with van der Waals surface area (Å²) in [6, 6.07) is -1.12. The summed E-state index contributed by atoms with van der Waals surface area (Å²) in [5.41, 5.74) is 0. The van der Waals surface area contributed by atoms with Gasteiger partial charge in [0.05, 0.1) is 6.20 Å². The third-order valence-electron chi connectivity index (χ3n) is 2.00. The minimum absolute atomic E-state index is 0.0466. The second kappa shape index (κ2) is 4.62. The fourth-order valence-corrected chi connectivity index (χ4v) is 2.36. The number of aryl methyl sites for hydroxylation is 1. The molecule has 8 heteroatoms. The molecular formula is C8H13N3O4S. The summed E-state index contributed by atoms with van der Waals surface area (Å²) in [6.45, 7) is 1.59. The number of hydrogen-bond acceptors (Lipinski definition) is 4. The zero-order valence-electron chi connectivity index (χ0n) is 8.91. The zero-order chi connectivity index (χ0) is 12.3. The molecule has 0 saturated heterocycles. The Labute approximate surface area is 93.1 Å². The molecule has 2 N–H and O–H groups in total. The highest BCUT2D eigenvalue weighted by atomic mass is 32.2. The number of sulfonamides is 1. The van der Waals surface area contributed by atoms with Gasteiger partial charge in [0.15, 0.2) is 0 Å². The Bertz CT molecular complexity index is 479. The molecule has 0 radical (unpaired) electrons. The van der Waals surface area contributed by atoms with Crippen LogP contribution in [0.25, 0.3) is 0 Å². The summed E-state index contributed by atoms with van der Waals surface area (Å²) in [5.74, 6) is -1.20. The molecule has 0 amide bonds. The van der Waals surface area contributed by atoms with Crippen LogP contribution in [0.1, 0.15) is 13.3 Å². The fourth-order valence-electron chi connectivity index (χ4n) is 1.10. The van der Waals surface area contributed by atoms with Gasteiger partial charge in [0.1, 0.15) is 10.9 Å². The van der Waals surface area contributed by atoms with Crippen LogP contribution in [0.4, 0.5) is 0 Å². The zero-order valence-corrected chi connectivity index (χ0v) is 9.73. The van der Waals surface area contributed by atoms with Crippen molar-refractivity contribution < 1.29 is 18.3 Å². The number of nitrogens with zero attached hydrogens (tertiary/aromatic N) is 2. The first-order chi connectivity index (χ1) is 7.36. The first-order valence-electron chi connectivity index (χ1n) is 4.60. The number of rotatable bonds is 5. The SMILES string of the molecule is CC[C@@H](NS(=O)(=O)c1cnn(C)c1)C(=O)O. The number of carboxylic acids is 1. The lowest BCUT2D eigenvalue weighted by molar-refractivity contribution is -0.139. The van der Waals surface area contributed by atoms with Crippen molar-refractivity contribution in [1.82, 2.24) is 14.5 Å². The molecular weight excluding hydrogens is 234 g/mol. The Morgan fingerprint density at radius 3 is 2.69 bits per heavy atom. The average molecular weight is 247 g/mol. The van der Waals surface area contributed by atoms with Crippen LogP contribution in [0.5, 0.6) is 0 Å². The van der Waals surface area contributed by atoms with Gasteiger partial charge in [0.25, 0.3) is 0 Å². The van der Waals surface area contributed by atoms with Gasteiger partial charge in [-0.2, -0.15) is 9.82 Å². The summed E-state index contributed by atoms with van der Waals surface area (Å²) in [5, 5.41) is 12.5. The van der Waals surface area contributed by atoms with E-state index in [1.807, 2.05) is 0 Å². The van der Waals surface area contributed by atoms with Crippen LogP contribution < -0.4 is 4.72 Å². The van der Waals surface area contributed by atoms with Crippen LogP contribution in [0.2, 0.25) is 0 Å². The maximum absolute atomic E-state index is 11.7. The molecule has 0 aliphatic heterocycles. The number of aliphatic carboxylic acids is 1. The van der Waals surface area contributed by atoms with Crippen LogP contribution >= 0.6 is 0 Å². The number of nitrogens with one attached hydrogen (secondary N) is 1. The van der Waals surface area contributed by atoms with E-state index < -0.39 is 22.0 Å². The van der Waals surface area contributed by atoms with Gasteiger partial charge in [0.2, 0.25) is 10.0 Å². The van der Waals surface area contributed by atoms with Crippen LogP contribution in [-0.4, -0.2) is 35.3 Å². The minimum atomic E-state index is -3.81. The van der Waals surface area contributed by atoms with Crippen molar-refractivity contribution in [3.8, 4) is 0 Å². The van der Waals surface area contributed by atoms with E-state index in [4.69, 9.17) is 5.11 Å². The third-order valence-corrected chi connectivity index (χ3v) is 3.42. The van der Waals surface area contributed by atoms with E-state index >= 15 is 0 Å². The van der Waals surface area contributed by atoms with Crippen LogP contribution in [0.3, 0.4) is 0 Å². The highest BCUT2D eigenvalue weighted by molar-refractivity contribution is 7.89. The Kier molecular flexibility index (Phi) is 3.66. The molecule has 0 saturated carbocycles. The summed E-state index contributed by atoms with van der Waals surface area (Å²) in [4.78, 5) is 10.7. The van der Waals surface area contributed by atoms with Gasteiger partial charge < -0.3 is 5.11 Å². The molecule has 1 aromatic heterocycles. The Morgan fingerprint density at radius 1 is 1.69 bits per heavy atom. The maximum Gasteiger partial charge on any atom is 0.321 e. The summed E-state index contributed by atoms with van der Waals surface area (Å²) in [6.07, 6.45) is 2.64. The van der Waals surface area contributed by atoms with Crippen molar-refractivity contribution in [2.24, 2.45) is 7.05 Å². The smallest absolute Gasteiger partial charge is 0.321 e. The normalized spacial score (nSPS) is 13.6. The lowest BCUT2D eigenvalue weighted by Gasteiger charge is -2.11. The van der Waals surface area contributed by atoms with Crippen molar-refractivity contribution in [3.05, 3.63) is 12.4 Å². The third kappa shape index (κ3) is 2.80. The minimum Gasteiger partial charge on any atom is -0.480 e. The molecule has 7 nitrogen and oxygen atoms in total. The van der Waals surface area contributed by atoms with Gasteiger partial charge in [-0.15, -0.1) is 0 Å². The quantitative estimate of drug-likeness (QED) is 0.734. The van der Waals surface area contributed by atoms with Crippen molar-refractivity contribution in [1.29, 1.82) is 0 Å². The predicted molar refractivity (Wildman–Crippen MR) is 55.2 cm³/mol. The van der Waals surface area contributed by atoms with Crippen LogP contribution in [0, 0.1) is 0 Å². The number of hydrogen-bond donors (Lipinski definition) is 2. The number of carboxylic acid groups (broad SMARTS) is 1. The van der Waals surface area contributed by atoms with E-state index in [1.165, 1.54) is 10.9 Å². The standard InChI is InChI=1S/C8H13N3O4S/c1-3-7(8(12)13)10-16(14,15)6-4-9-11(2)5-6/h4-5,7,10H,3H2,1-2H3,(H,12,13)/t7-/m1/s1. The number of aromatic nitrogens is 2. The summed E-state index contributed by atoms with van der Waals surface area (Å²) < 4.78 is 26.8. The van der Waals surface area contributed by atoms with Crippen molar-refractivity contribution >= 4 is 16.0 Å². The molecule has 16 heavy (non-hydrogen) atoms. The molecule has 1 heterocycles. The van der Waals surface area contributed by atoms with Gasteiger partial charge in [0, 0.05) is 13.2 Å². The Balaban J connectivity index is 2.91. The Hall–Kier alpha value is -1.41. The fraction of sp³-hybridized carbons (Fsp3) is 0.500. The van der Waals surface area contributed by atoms with Gasteiger partial charge in [-0.05, 0) is 6.42 Å². The first kappa shape index (κ1) is 12.7. The summed E-state index contributed by atoms with van der Waals surface area (Å²) >= 11 is 0. The van der Waals surface area contributed by atoms with E-state index in [0.717, 1.165) is 6.20 Å². The second-order valence-corrected chi connectivity index (χ2v) is 4.98. The molecule has 1 atom stereocenters. The highest BCUT2D eigenvalue weighted by Gasteiger charge is 2.24. The second-order valence-electron chi connectivity index (χ2n) is 3.27. The van der Waals surface area contributed by atoms with E-state index in [2.05, 4.69) is 9.82 Å². The van der Waals surface area contributed by atoms with Gasteiger partial charge in [-0.25, -0.2) is 8.42 Å². The van der Waals surface area contributed by atoms with Crippen molar-refractivity contribution in [2.75, 3.05) is 0 Å². The van der Waals surface area contributed by atoms with E-state index in [0.29, 0.717) is 0 Å². The molecule has 0 aromatic carbocycles. The summed E-state index contributed by atoms with van der Waals surface area (Å²) in [7, 11) is -2.23. The monoisotopic (exact) mass is 247 g/mol. The first-order valence-corrected chi connectivity index (χ1v) is 6.09.